The number of halogens is 3. The van der Waals surface area contributed by atoms with E-state index in [1.54, 1.807) is 6.07 Å². The zero-order valence-corrected chi connectivity index (χ0v) is 14.6. The molecular weight excluding hydrogens is 381 g/mol. The molecule has 0 aliphatic carbocycles. The Morgan fingerprint density at radius 1 is 1.09 bits per heavy atom. The maximum absolute atomic E-state index is 12.0. The molecule has 2 rings (SSSR count). The highest BCUT2D eigenvalue weighted by Gasteiger charge is 2.35. The molecule has 0 bridgehead atoms. The molecule has 0 aliphatic heterocycles. The standard InChI is InChI=1S/C14H12Cl3N3O2S/c15-14(16,17)12(19-11(21)10-7-4-8-22-10)20-13(23)18-9-5-2-1-3-6-9/h1-8,12H,(H,19,21)(H2,18,20,23)/t12-/m1/s1. The van der Waals surface area contributed by atoms with Crippen molar-refractivity contribution in [1.29, 1.82) is 0 Å². The van der Waals surface area contributed by atoms with Crippen molar-refractivity contribution in [1.82, 2.24) is 10.6 Å². The number of hydrogen-bond acceptors (Lipinski definition) is 3. The Hall–Kier alpha value is -1.47. The molecule has 1 heterocycles. The van der Waals surface area contributed by atoms with Gasteiger partial charge in [0.15, 0.2) is 10.9 Å². The summed E-state index contributed by atoms with van der Waals surface area (Å²) in [5.74, 6) is -0.450. The van der Waals surface area contributed by atoms with E-state index in [1.165, 1.54) is 12.3 Å². The van der Waals surface area contributed by atoms with Gasteiger partial charge in [-0.15, -0.1) is 0 Å². The lowest BCUT2D eigenvalue weighted by Gasteiger charge is -2.27. The van der Waals surface area contributed by atoms with E-state index in [0.717, 1.165) is 5.69 Å². The molecule has 23 heavy (non-hydrogen) atoms. The predicted octanol–water partition coefficient (Wildman–Crippen LogP) is 3.69. The molecule has 0 aliphatic rings. The van der Waals surface area contributed by atoms with Crippen LogP contribution in [-0.2, 0) is 0 Å². The Labute approximate surface area is 153 Å². The van der Waals surface area contributed by atoms with Crippen LogP contribution in [0.15, 0.2) is 53.1 Å². The Bertz CT molecular complexity index is 660. The summed E-state index contributed by atoms with van der Waals surface area (Å²) < 4.78 is 3.16. The largest absolute Gasteiger partial charge is 0.459 e. The lowest BCUT2D eigenvalue weighted by Crippen LogP contribution is -2.56. The van der Waals surface area contributed by atoms with Crippen LogP contribution in [0.3, 0.4) is 0 Å². The van der Waals surface area contributed by atoms with E-state index in [9.17, 15) is 4.79 Å². The normalized spacial score (nSPS) is 12.3. The van der Waals surface area contributed by atoms with Crippen LogP contribution in [0.5, 0.6) is 0 Å². The fourth-order valence-electron chi connectivity index (χ4n) is 1.63. The number of nitrogens with one attached hydrogen (secondary N) is 3. The van der Waals surface area contributed by atoms with E-state index in [-0.39, 0.29) is 10.9 Å². The average Bonchev–Trinajstić information content (AvgIpc) is 3.00. The molecule has 1 aromatic carbocycles. The number of anilines is 1. The van der Waals surface area contributed by atoms with E-state index in [1.807, 2.05) is 30.3 Å². The number of carbonyl (C=O) groups is 1. The quantitative estimate of drug-likeness (QED) is 0.421. The van der Waals surface area contributed by atoms with Crippen molar-refractivity contribution in [2.24, 2.45) is 0 Å². The highest BCUT2D eigenvalue weighted by molar-refractivity contribution is 7.80. The van der Waals surface area contributed by atoms with Gasteiger partial charge >= 0.3 is 0 Å². The Morgan fingerprint density at radius 2 is 1.78 bits per heavy atom. The third-order valence-corrected chi connectivity index (χ3v) is 3.53. The van der Waals surface area contributed by atoms with Gasteiger partial charge in [0, 0.05) is 5.69 Å². The number of furan rings is 1. The number of carbonyl (C=O) groups excluding carboxylic acids is 1. The summed E-state index contributed by atoms with van der Waals surface area (Å²) in [6.45, 7) is 0. The number of amides is 1. The number of thiocarbonyl (C=S) groups is 1. The van der Waals surface area contributed by atoms with Gasteiger partial charge in [-0.2, -0.15) is 0 Å². The SMILES string of the molecule is O=C(N[C@H](NC(=S)Nc1ccccc1)C(Cl)(Cl)Cl)c1ccco1. The van der Waals surface area contributed by atoms with Crippen molar-refractivity contribution in [3.8, 4) is 0 Å². The van der Waals surface area contributed by atoms with Crippen molar-refractivity contribution in [2.75, 3.05) is 5.32 Å². The van der Waals surface area contributed by atoms with E-state index in [0.29, 0.717) is 0 Å². The lowest BCUT2D eigenvalue weighted by molar-refractivity contribution is 0.0906. The summed E-state index contributed by atoms with van der Waals surface area (Å²) in [6, 6.07) is 12.3. The molecule has 0 radical (unpaired) electrons. The van der Waals surface area contributed by atoms with Gasteiger partial charge in [-0.25, -0.2) is 0 Å². The molecule has 3 N–H and O–H groups in total. The van der Waals surface area contributed by atoms with E-state index in [4.69, 9.17) is 51.4 Å². The fourth-order valence-corrected chi connectivity index (χ4v) is 2.19. The third kappa shape index (κ3) is 5.58. The van der Waals surface area contributed by atoms with Crippen LogP contribution < -0.4 is 16.0 Å². The van der Waals surface area contributed by atoms with Crippen molar-refractivity contribution >= 4 is 63.7 Å². The van der Waals surface area contributed by atoms with Gasteiger partial charge in [-0.3, -0.25) is 4.79 Å². The molecule has 5 nitrogen and oxygen atoms in total. The van der Waals surface area contributed by atoms with Gasteiger partial charge in [0.05, 0.1) is 6.26 Å². The van der Waals surface area contributed by atoms with Gasteiger partial charge in [0.2, 0.25) is 3.79 Å². The van der Waals surface area contributed by atoms with Crippen molar-refractivity contribution in [3.63, 3.8) is 0 Å². The van der Waals surface area contributed by atoms with E-state index in [2.05, 4.69) is 16.0 Å². The minimum atomic E-state index is -1.83. The Balaban J connectivity index is 2.01. The topological polar surface area (TPSA) is 66.3 Å². The highest BCUT2D eigenvalue weighted by Crippen LogP contribution is 2.29. The number of alkyl halides is 3. The maximum Gasteiger partial charge on any atom is 0.288 e. The summed E-state index contributed by atoms with van der Waals surface area (Å²) in [5.41, 5.74) is 0.755. The minimum absolute atomic E-state index is 0.0907. The second kappa shape index (κ2) is 7.88. The monoisotopic (exact) mass is 391 g/mol. The number of hydrogen-bond donors (Lipinski definition) is 3. The van der Waals surface area contributed by atoms with Crippen LogP contribution in [0.4, 0.5) is 5.69 Å². The summed E-state index contributed by atoms with van der Waals surface area (Å²) >= 11 is 22.8. The number of rotatable bonds is 4. The molecule has 0 spiro atoms. The molecule has 1 atom stereocenters. The first kappa shape index (κ1) is 17.9. The number of benzene rings is 1. The van der Waals surface area contributed by atoms with Crippen molar-refractivity contribution in [3.05, 3.63) is 54.5 Å². The second-order valence-electron chi connectivity index (χ2n) is 4.39. The molecule has 0 unspecified atom stereocenters. The second-order valence-corrected chi connectivity index (χ2v) is 7.17. The molecule has 1 amide bonds. The molecule has 2 aromatic rings. The molecule has 1 aromatic heterocycles. The molecule has 0 saturated heterocycles. The van der Waals surface area contributed by atoms with Crippen molar-refractivity contribution in [2.45, 2.75) is 9.96 Å². The first-order valence-corrected chi connectivity index (χ1v) is 7.94. The molecule has 0 fully saturated rings. The Morgan fingerprint density at radius 3 is 2.35 bits per heavy atom. The van der Waals surface area contributed by atoms with Crippen LogP contribution in [0.1, 0.15) is 10.6 Å². The van der Waals surface area contributed by atoms with Gasteiger partial charge in [-0.1, -0.05) is 53.0 Å². The first-order chi connectivity index (χ1) is 10.9. The van der Waals surface area contributed by atoms with Gasteiger partial charge in [-0.05, 0) is 36.5 Å². The zero-order valence-electron chi connectivity index (χ0n) is 11.6. The van der Waals surface area contributed by atoms with Crippen LogP contribution in [0, 0.1) is 0 Å². The van der Waals surface area contributed by atoms with Gasteiger partial charge in [0.25, 0.3) is 5.91 Å². The summed E-state index contributed by atoms with van der Waals surface area (Å²) in [6.07, 6.45) is 0.308. The van der Waals surface area contributed by atoms with Crippen LogP contribution >= 0.6 is 47.0 Å². The van der Waals surface area contributed by atoms with Crippen LogP contribution in [0.25, 0.3) is 0 Å². The molecule has 9 heteroatoms. The van der Waals surface area contributed by atoms with Crippen molar-refractivity contribution < 1.29 is 9.21 Å². The minimum Gasteiger partial charge on any atom is -0.459 e. The number of para-hydroxylation sites is 1. The van der Waals surface area contributed by atoms with E-state index < -0.39 is 15.9 Å². The zero-order chi connectivity index (χ0) is 16.9. The molecular formula is C14H12Cl3N3O2S. The Kier molecular flexibility index (Phi) is 6.12. The first-order valence-electron chi connectivity index (χ1n) is 6.40. The summed E-state index contributed by atoms with van der Waals surface area (Å²) in [4.78, 5) is 12.0. The third-order valence-electron chi connectivity index (χ3n) is 2.65. The summed E-state index contributed by atoms with van der Waals surface area (Å²) in [5, 5.41) is 8.37. The maximum atomic E-state index is 12.0. The lowest BCUT2D eigenvalue weighted by atomic mass is 10.3. The van der Waals surface area contributed by atoms with E-state index >= 15 is 0 Å². The molecule has 0 saturated carbocycles. The fraction of sp³-hybridized carbons (Fsp3) is 0.143. The van der Waals surface area contributed by atoms with Gasteiger partial charge in [0.1, 0.15) is 6.17 Å². The van der Waals surface area contributed by atoms with Crippen LogP contribution in [-0.4, -0.2) is 21.0 Å². The summed E-state index contributed by atoms with van der Waals surface area (Å²) in [7, 11) is 0. The van der Waals surface area contributed by atoms with Gasteiger partial charge < -0.3 is 20.4 Å². The van der Waals surface area contributed by atoms with Crippen LogP contribution in [0.2, 0.25) is 0 Å². The molecule has 122 valence electrons. The smallest absolute Gasteiger partial charge is 0.288 e. The predicted molar refractivity (Wildman–Crippen MR) is 96.1 cm³/mol. The highest BCUT2D eigenvalue weighted by atomic mass is 35.6. The average molecular weight is 393 g/mol.